The molecule has 2 N–H and O–H groups in total. The highest BCUT2D eigenvalue weighted by Gasteiger charge is 2.27. The third-order valence-corrected chi connectivity index (χ3v) is 4.33. The molecule has 0 bridgehead atoms. The minimum atomic E-state index is -0.0845. The van der Waals surface area contributed by atoms with E-state index in [0.29, 0.717) is 5.57 Å². The van der Waals surface area contributed by atoms with E-state index in [-0.39, 0.29) is 5.91 Å². The molecule has 1 aromatic heterocycles. The van der Waals surface area contributed by atoms with E-state index in [9.17, 15) is 4.79 Å². The van der Waals surface area contributed by atoms with Crippen LogP contribution in [0.4, 0.5) is 5.69 Å². The first-order chi connectivity index (χ1) is 11.2. The molecule has 1 amide bonds. The van der Waals surface area contributed by atoms with Gasteiger partial charge in [-0.2, -0.15) is 0 Å². The van der Waals surface area contributed by atoms with Crippen molar-refractivity contribution >= 4 is 35.9 Å². The first-order valence-corrected chi connectivity index (χ1v) is 7.77. The minimum Gasteiger partial charge on any atom is -0.362 e. The third-order valence-electron chi connectivity index (χ3n) is 3.94. The molecule has 0 spiro atoms. The fourth-order valence-corrected chi connectivity index (χ4v) is 3.18. The molecule has 0 unspecified atom stereocenters. The highest BCUT2D eigenvalue weighted by Crippen LogP contribution is 2.41. The van der Waals surface area contributed by atoms with Gasteiger partial charge in [0.05, 0.1) is 5.57 Å². The van der Waals surface area contributed by atoms with E-state index in [1.807, 2.05) is 66.9 Å². The molecular weight excluding hydrogens is 304 g/mol. The van der Waals surface area contributed by atoms with Gasteiger partial charge in [0.25, 0.3) is 5.91 Å². The zero-order valence-electron chi connectivity index (χ0n) is 12.2. The molecule has 0 fully saturated rings. The number of H-pyrrole nitrogens is 1. The maximum Gasteiger partial charge on any atom is 0.256 e. The van der Waals surface area contributed by atoms with Gasteiger partial charge in [0.15, 0.2) is 0 Å². The average molecular weight is 318 g/mol. The number of benzene rings is 2. The molecule has 112 valence electrons. The molecule has 0 aliphatic carbocycles. The summed E-state index contributed by atoms with van der Waals surface area (Å²) in [5.74, 6) is -0.0845. The maximum absolute atomic E-state index is 12.4. The second-order valence-electron chi connectivity index (χ2n) is 5.38. The molecule has 3 nitrogen and oxygen atoms in total. The monoisotopic (exact) mass is 318 g/mol. The molecule has 2 heterocycles. The highest BCUT2D eigenvalue weighted by atomic mass is 32.1. The first kappa shape index (κ1) is 13.9. The Labute approximate surface area is 139 Å². The molecule has 0 saturated carbocycles. The van der Waals surface area contributed by atoms with Gasteiger partial charge < -0.3 is 10.3 Å². The molecule has 23 heavy (non-hydrogen) atoms. The van der Waals surface area contributed by atoms with Gasteiger partial charge in [0, 0.05) is 28.0 Å². The lowest BCUT2D eigenvalue weighted by atomic mass is 9.94. The van der Waals surface area contributed by atoms with Gasteiger partial charge in [-0.05, 0) is 41.5 Å². The van der Waals surface area contributed by atoms with Crippen molar-refractivity contribution in [1.29, 1.82) is 0 Å². The van der Waals surface area contributed by atoms with Crippen molar-refractivity contribution in [3.05, 3.63) is 72.1 Å². The summed E-state index contributed by atoms with van der Waals surface area (Å²) in [6.45, 7) is 0. The first-order valence-electron chi connectivity index (χ1n) is 7.32. The summed E-state index contributed by atoms with van der Waals surface area (Å²) in [4.78, 5) is 16.4. The van der Waals surface area contributed by atoms with Crippen LogP contribution in [0.2, 0.25) is 0 Å². The second-order valence-corrected chi connectivity index (χ2v) is 5.86. The lowest BCUT2D eigenvalue weighted by Gasteiger charge is -2.10. The summed E-state index contributed by atoms with van der Waals surface area (Å²) in [5.41, 5.74) is 5.34. The maximum atomic E-state index is 12.4. The van der Waals surface area contributed by atoms with Crippen molar-refractivity contribution < 1.29 is 4.79 Å². The molecule has 4 heteroatoms. The smallest absolute Gasteiger partial charge is 0.256 e. The van der Waals surface area contributed by atoms with E-state index in [0.717, 1.165) is 33.0 Å². The van der Waals surface area contributed by atoms with Gasteiger partial charge in [-0.3, -0.25) is 4.79 Å². The van der Waals surface area contributed by atoms with Crippen molar-refractivity contribution in [2.24, 2.45) is 0 Å². The van der Waals surface area contributed by atoms with E-state index in [4.69, 9.17) is 0 Å². The van der Waals surface area contributed by atoms with Crippen molar-refractivity contribution in [2.75, 3.05) is 5.32 Å². The number of fused-ring (bicyclic) bond motifs is 1. The van der Waals surface area contributed by atoms with Crippen LogP contribution in [0, 0.1) is 0 Å². The fraction of sp³-hybridized carbons (Fsp3) is 0. The summed E-state index contributed by atoms with van der Waals surface area (Å²) in [5, 5.41) is 2.94. The standard InChI is InChI=1S/C19H14N2OS/c22-19-15(11-12-5-4-10-20-12)18-14(7-3-8-16(18)21-19)13-6-1-2-9-17(13)23/h1-11,20,23H,(H,21,22). The summed E-state index contributed by atoms with van der Waals surface area (Å²) >= 11 is 4.56. The number of amides is 1. The number of aromatic nitrogens is 1. The minimum absolute atomic E-state index is 0.0845. The largest absolute Gasteiger partial charge is 0.362 e. The molecule has 1 aliphatic heterocycles. The van der Waals surface area contributed by atoms with Gasteiger partial charge >= 0.3 is 0 Å². The van der Waals surface area contributed by atoms with Crippen molar-refractivity contribution in [1.82, 2.24) is 4.98 Å². The number of hydrogen-bond acceptors (Lipinski definition) is 2. The number of carbonyl (C=O) groups excluding carboxylic acids is 1. The molecule has 3 aromatic rings. The Balaban J connectivity index is 1.95. The van der Waals surface area contributed by atoms with Crippen LogP contribution in [0.5, 0.6) is 0 Å². The van der Waals surface area contributed by atoms with E-state index >= 15 is 0 Å². The van der Waals surface area contributed by atoms with Crippen LogP contribution in [0.15, 0.2) is 65.7 Å². The van der Waals surface area contributed by atoms with Crippen LogP contribution in [0.3, 0.4) is 0 Å². The lowest BCUT2D eigenvalue weighted by Crippen LogP contribution is -2.03. The highest BCUT2D eigenvalue weighted by molar-refractivity contribution is 7.80. The number of rotatable bonds is 2. The molecule has 0 saturated heterocycles. The summed E-state index contributed by atoms with van der Waals surface area (Å²) in [6.07, 6.45) is 3.72. The summed E-state index contributed by atoms with van der Waals surface area (Å²) < 4.78 is 0. The Bertz CT molecular complexity index is 926. The third kappa shape index (κ3) is 2.37. The van der Waals surface area contributed by atoms with Crippen LogP contribution in [-0.4, -0.2) is 10.9 Å². The molecule has 1 aliphatic rings. The van der Waals surface area contributed by atoms with E-state index < -0.39 is 0 Å². The molecule has 0 radical (unpaired) electrons. The van der Waals surface area contributed by atoms with Crippen molar-refractivity contribution in [3.63, 3.8) is 0 Å². The Morgan fingerprint density at radius 1 is 0.913 bits per heavy atom. The Kier molecular flexibility index (Phi) is 3.32. The van der Waals surface area contributed by atoms with E-state index in [1.165, 1.54) is 0 Å². The topological polar surface area (TPSA) is 44.9 Å². The number of hydrogen-bond donors (Lipinski definition) is 3. The lowest BCUT2D eigenvalue weighted by molar-refractivity contribution is -0.110. The van der Waals surface area contributed by atoms with Crippen LogP contribution >= 0.6 is 12.6 Å². The van der Waals surface area contributed by atoms with E-state index in [2.05, 4.69) is 22.9 Å². The number of thiol groups is 1. The zero-order valence-corrected chi connectivity index (χ0v) is 13.1. The number of anilines is 1. The summed E-state index contributed by atoms with van der Waals surface area (Å²) in [7, 11) is 0. The second kappa shape index (κ2) is 5.48. The number of carbonyl (C=O) groups is 1. The predicted molar refractivity (Wildman–Crippen MR) is 96.4 cm³/mol. The quantitative estimate of drug-likeness (QED) is 0.474. The van der Waals surface area contributed by atoms with Crippen LogP contribution in [0.25, 0.3) is 22.8 Å². The molecule has 4 rings (SSSR count). The fourth-order valence-electron chi connectivity index (χ4n) is 2.90. The SMILES string of the molecule is O=C1Nc2cccc(-c3ccccc3S)c2C1=Cc1ccc[nH]1. The Hall–Kier alpha value is -2.72. The normalized spacial score (nSPS) is 14.8. The van der Waals surface area contributed by atoms with Crippen LogP contribution in [-0.2, 0) is 4.79 Å². The van der Waals surface area contributed by atoms with Gasteiger partial charge in [0.2, 0.25) is 0 Å². The van der Waals surface area contributed by atoms with Crippen LogP contribution in [0.1, 0.15) is 11.3 Å². The van der Waals surface area contributed by atoms with Gasteiger partial charge in [-0.1, -0.05) is 30.3 Å². The van der Waals surface area contributed by atoms with Gasteiger partial charge in [-0.15, -0.1) is 12.6 Å². The Morgan fingerprint density at radius 2 is 1.74 bits per heavy atom. The van der Waals surface area contributed by atoms with Gasteiger partial charge in [0.1, 0.15) is 0 Å². The van der Waals surface area contributed by atoms with Crippen LogP contribution < -0.4 is 5.32 Å². The Morgan fingerprint density at radius 3 is 2.52 bits per heavy atom. The number of nitrogens with one attached hydrogen (secondary N) is 2. The van der Waals surface area contributed by atoms with Crippen molar-refractivity contribution in [2.45, 2.75) is 4.90 Å². The predicted octanol–water partition coefficient (Wildman–Crippen LogP) is 4.46. The molecule has 2 aromatic carbocycles. The van der Waals surface area contributed by atoms with E-state index in [1.54, 1.807) is 0 Å². The molecular formula is C19H14N2OS. The van der Waals surface area contributed by atoms with Gasteiger partial charge in [-0.25, -0.2) is 0 Å². The van der Waals surface area contributed by atoms with Crippen molar-refractivity contribution in [3.8, 4) is 11.1 Å². The average Bonchev–Trinajstić information content (AvgIpc) is 3.17. The summed E-state index contributed by atoms with van der Waals surface area (Å²) in [6, 6.07) is 17.7. The molecule has 0 atom stereocenters. The number of aromatic amines is 1. The zero-order chi connectivity index (χ0) is 15.8.